The summed E-state index contributed by atoms with van der Waals surface area (Å²) in [6, 6.07) is -0.664. The maximum absolute atomic E-state index is 12.1. The SMILES string of the molecule is CC(C)COC(=O)OC(=O)[C@@H]1CCCN1C(=O)CC(C)C. The molecule has 0 bridgehead atoms. The molecule has 1 atom stereocenters. The van der Waals surface area contributed by atoms with Crippen LogP contribution in [0.25, 0.3) is 0 Å². The molecule has 0 aromatic heterocycles. The van der Waals surface area contributed by atoms with Crippen molar-refractivity contribution in [3.05, 3.63) is 0 Å². The molecule has 0 aromatic carbocycles. The molecule has 1 amide bonds. The molecule has 1 aliphatic heterocycles. The molecule has 6 heteroatoms. The van der Waals surface area contributed by atoms with E-state index >= 15 is 0 Å². The van der Waals surface area contributed by atoms with Crippen molar-refractivity contribution in [1.29, 1.82) is 0 Å². The van der Waals surface area contributed by atoms with Gasteiger partial charge in [0.05, 0.1) is 6.61 Å². The van der Waals surface area contributed by atoms with E-state index in [-0.39, 0.29) is 24.3 Å². The number of rotatable bonds is 5. The highest BCUT2D eigenvalue weighted by Crippen LogP contribution is 2.21. The summed E-state index contributed by atoms with van der Waals surface area (Å²) < 4.78 is 9.48. The first kappa shape index (κ1) is 17.5. The van der Waals surface area contributed by atoms with Gasteiger partial charge in [-0.2, -0.15) is 0 Å². The van der Waals surface area contributed by atoms with Crippen molar-refractivity contribution in [1.82, 2.24) is 4.90 Å². The second kappa shape index (κ2) is 8.00. The van der Waals surface area contributed by atoms with Crippen LogP contribution in [-0.2, 0) is 19.1 Å². The number of amides is 1. The van der Waals surface area contributed by atoms with Crippen molar-refractivity contribution >= 4 is 18.0 Å². The summed E-state index contributed by atoms with van der Waals surface area (Å²) in [7, 11) is 0. The highest BCUT2D eigenvalue weighted by molar-refractivity contribution is 5.89. The number of carbonyl (C=O) groups excluding carboxylic acids is 3. The van der Waals surface area contributed by atoms with Gasteiger partial charge >= 0.3 is 12.1 Å². The monoisotopic (exact) mass is 299 g/mol. The van der Waals surface area contributed by atoms with Crippen LogP contribution in [0.4, 0.5) is 4.79 Å². The van der Waals surface area contributed by atoms with Gasteiger partial charge < -0.3 is 14.4 Å². The van der Waals surface area contributed by atoms with E-state index in [1.165, 1.54) is 4.90 Å². The predicted octanol–water partition coefficient (Wildman–Crippen LogP) is 2.36. The Kier molecular flexibility index (Phi) is 6.65. The second-order valence-electron chi connectivity index (χ2n) is 6.22. The molecule has 0 unspecified atom stereocenters. The number of nitrogens with zero attached hydrogens (tertiary/aromatic N) is 1. The zero-order valence-electron chi connectivity index (χ0n) is 13.3. The fourth-order valence-corrected chi connectivity index (χ4v) is 2.19. The highest BCUT2D eigenvalue weighted by atomic mass is 16.7. The maximum atomic E-state index is 12.1. The Balaban J connectivity index is 2.52. The first-order valence-corrected chi connectivity index (χ1v) is 7.49. The molecule has 1 fully saturated rings. The fraction of sp³-hybridized carbons (Fsp3) is 0.800. The van der Waals surface area contributed by atoms with Gasteiger partial charge in [-0.25, -0.2) is 9.59 Å². The van der Waals surface area contributed by atoms with Gasteiger partial charge in [0.15, 0.2) is 0 Å². The van der Waals surface area contributed by atoms with Gasteiger partial charge in [-0.15, -0.1) is 0 Å². The average Bonchev–Trinajstić information content (AvgIpc) is 2.84. The van der Waals surface area contributed by atoms with Gasteiger partial charge in [0.25, 0.3) is 0 Å². The summed E-state index contributed by atoms with van der Waals surface area (Å²) in [5.41, 5.74) is 0. The summed E-state index contributed by atoms with van der Waals surface area (Å²) in [6.45, 7) is 8.41. The van der Waals surface area contributed by atoms with Crippen molar-refractivity contribution < 1.29 is 23.9 Å². The van der Waals surface area contributed by atoms with E-state index in [1.807, 2.05) is 27.7 Å². The number of hydrogen-bond acceptors (Lipinski definition) is 5. The van der Waals surface area contributed by atoms with Gasteiger partial charge in [0.2, 0.25) is 5.91 Å². The number of likely N-dealkylation sites (tertiary alicyclic amines) is 1. The van der Waals surface area contributed by atoms with Crippen molar-refractivity contribution in [3.8, 4) is 0 Å². The van der Waals surface area contributed by atoms with Crippen molar-refractivity contribution in [2.45, 2.75) is 53.0 Å². The van der Waals surface area contributed by atoms with Gasteiger partial charge in [-0.05, 0) is 24.7 Å². The molecule has 21 heavy (non-hydrogen) atoms. The fourth-order valence-electron chi connectivity index (χ4n) is 2.19. The lowest BCUT2D eigenvalue weighted by Gasteiger charge is -2.23. The Hall–Kier alpha value is -1.59. The lowest BCUT2D eigenvalue weighted by Crippen LogP contribution is -2.42. The maximum Gasteiger partial charge on any atom is 0.516 e. The first-order chi connectivity index (χ1) is 9.81. The third-order valence-corrected chi connectivity index (χ3v) is 3.15. The van der Waals surface area contributed by atoms with E-state index in [1.54, 1.807) is 0 Å². The Morgan fingerprint density at radius 3 is 2.38 bits per heavy atom. The quantitative estimate of drug-likeness (QED) is 0.575. The van der Waals surface area contributed by atoms with Gasteiger partial charge in [-0.1, -0.05) is 27.7 Å². The van der Waals surface area contributed by atoms with Crippen LogP contribution in [-0.4, -0.2) is 42.1 Å². The van der Waals surface area contributed by atoms with Crippen LogP contribution in [0.5, 0.6) is 0 Å². The van der Waals surface area contributed by atoms with E-state index in [9.17, 15) is 14.4 Å². The number of ether oxygens (including phenoxy) is 2. The van der Waals surface area contributed by atoms with Crippen LogP contribution in [0.2, 0.25) is 0 Å². The highest BCUT2D eigenvalue weighted by Gasteiger charge is 2.36. The number of carbonyl (C=O) groups is 3. The van der Waals surface area contributed by atoms with E-state index in [2.05, 4.69) is 4.74 Å². The van der Waals surface area contributed by atoms with Crippen LogP contribution < -0.4 is 0 Å². The lowest BCUT2D eigenvalue weighted by molar-refractivity contribution is -0.150. The molecular formula is C15H25NO5. The topological polar surface area (TPSA) is 72.9 Å². The molecule has 0 radical (unpaired) electrons. The Morgan fingerprint density at radius 2 is 1.81 bits per heavy atom. The minimum Gasteiger partial charge on any atom is -0.434 e. The van der Waals surface area contributed by atoms with Crippen molar-refractivity contribution in [2.75, 3.05) is 13.2 Å². The molecular weight excluding hydrogens is 274 g/mol. The average molecular weight is 299 g/mol. The largest absolute Gasteiger partial charge is 0.516 e. The molecule has 6 nitrogen and oxygen atoms in total. The Labute approximate surface area is 125 Å². The molecule has 0 saturated carbocycles. The Bertz CT molecular complexity index is 392. The molecule has 1 aliphatic rings. The zero-order valence-corrected chi connectivity index (χ0v) is 13.3. The van der Waals surface area contributed by atoms with Crippen LogP contribution in [0.1, 0.15) is 47.0 Å². The van der Waals surface area contributed by atoms with Crippen LogP contribution in [0.15, 0.2) is 0 Å². The summed E-state index contributed by atoms with van der Waals surface area (Å²) in [5, 5.41) is 0. The summed E-state index contributed by atoms with van der Waals surface area (Å²) in [4.78, 5) is 37.0. The molecule has 120 valence electrons. The first-order valence-electron chi connectivity index (χ1n) is 7.49. The lowest BCUT2D eigenvalue weighted by atomic mass is 10.1. The molecule has 1 heterocycles. The van der Waals surface area contributed by atoms with Gasteiger partial charge in [0.1, 0.15) is 6.04 Å². The van der Waals surface area contributed by atoms with Crippen LogP contribution in [0, 0.1) is 11.8 Å². The standard InChI is InChI=1S/C15H25NO5/c1-10(2)8-13(17)16-7-5-6-12(16)14(18)21-15(19)20-9-11(3)4/h10-12H,5-9H2,1-4H3/t12-/m0/s1. The van der Waals surface area contributed by atoms with E-state index in [4.69, 9.17) is 4.74 Å². The van der Waals surface area contributed by atoms with E-state index < -0.39 is 18.2 Å². The molecule has 0 spiro atoms. The molecule has 0 aromatic rings. The van der Waals surface area contributed by atoms with E-state index in [0.717, 1.165) is 6.42 Å². The summed E-state index contributed by atoms with van der Waals surface area (Å²) >= 11 is 0. The third-order valence-electron chi connectivity index (χ3n) is 3.15. The minimum absolute atomic E-state index is 0.0694. The smallest absolute Gasteiger partial charge is 0.434 e. The van der Waals surface area contributed by atoms with Crippen molar-refractivity contribution in [3.63, 3.8) is 0 Å². The normalized spacial score (nSPS) is 18.2. The minimum atomic E-state index is -0.989. The number of hydrogen-bond donors (Lipinski definition) is 0. The van der Waals surface area contributed by atoms with Crippen molar-refractivity contribution in [2.24, 2.45) is 11.8 Å². The van der Waals surface area contributed by atoms with Crippen LogP contribution >= 0.6 is 0 Å². The molecule has 0 N–H and O–H groups in total. The van der Waals surface area contributed by atoms with Gasteiger partial charge in [0, 0.05) is 13.0 Å². The number of esters is 1. The molecule has 0 aliphatic carbocycles. The summed E-state index contributed by atoms with van der Waals surface area (Å²) in [6.07, 6.45) is 0.670. The molecule has 1 saturated heterocycles. The van der Waals surface area contributed by atoms with Gasteiger partial charge in [-0.3, -0.25) is 4.79 Å². The zero-order chi connectivity index (χ0) is 16.0. The van der Waals surface area contributed by atoms with Crippen LogP contribution in [0.3, 0.4) is 0 Å². The van der Waals surface area contributed by atoms with E-state index in [0.29, 0.717) is 19.4 Å². The third kappa shape index (κ3) is 5.73. The molecule has 1 rings (SSSR count). The Morgan fingerprint density at radius 1 is 1.14 bits per heavy atom. The second-order valence-corrected chi connectivity index (χ2v) is 6.22. The predicted molar refractivity (Wildman–Crippen MR) is 76.5 cm³/mol. The summed E-state index contributed by atoms with van der Waals surface area (Å²) in [5.74, 6) is -0.368.